The highest BCUT2D eigenvalue weighted by Crippen LogP contribution is 2.20. The standard InChI is InChI=1S/C12H14N2O4S/c1-7(15)13-8-4-5-14(6-8)11(16)9-2-3-10(19-9)12(17)18/h2-3,8H,4-6H2,1H3,(H,13,15)(H,17,18)/t8-/m0/s1. The second kappa shape index (κ2) is 5.40. The Kier molecular flexibility index (Phi) is 3.84. The molecule has 0 radical (unpaired) electrons. The van der Waals surface area contributed by atoms with Crippen molar-refractivity contribution < 1.29 is 19.5 Å². The maximum absolute atomic E-state index is 12.1. The topological polar surface area (TPSA) is 86.7 Å². The van der Waals surface area contributed by atoms with Gasteiger partial charge in [0.2, 0.25) is 5.91 Å². The summed E-state index contributed by atoms with van der Waals surface area (Å²) in [6, 6.07) is 2.95. The van der Waals surface area contributed by atoms with Gasteiger partial charge in [0.1, 0.15) is 4.88 Å². The van der Waals surface area contributed by atoms with Crippen molar-refractivity contribution in [3.8, 4) is 0 Å². The second-order valence-corrected chi connectivity index (χ2v) is 5.49. The van der Waals surface area contributed by atoms with E-state index in [9.17, 15) is 14.4 Å². The second-order valence-electron chi connectivity index (χ2n) is 4.41. The van der Waals surface area contributed by atoms with Gasteiger partial charge in [0.05, 0.1) is 4.88 Å². The maximum Gasteiger partial charge on any atom is 0.345 e. The lowest BCUT2D eigenvalue weighted by molar-refractivity contribution is -0.119. The Hall–Kier alpha value is -1.89. The molecule has 1 fully saturated rings. The molecule has 102 valence electrons. The third-order valence-corrected chi connectivity index (χ3v) is 3.97. The summed E-state index contributed by atoms with van der Waals surface area (Å²) >= 11 is 0.973. The van der Waals surface area contributed by atoms with Crippen LogP contribution in [0, 0.1) is 0 Å². The molecular weight excluding hydrogens is 268 g/mol. The molecule has 1 atom stereocenters. The fourth-order valence-electron chi connectivity index (χ4n) is 2.07. The molecule has 1 aromatic heterocycles. The summed E-state index contributed by atoms with van der Waals surface area (Å²) in [5.74, 6) is -1.31. The van der Waals surface area contributed by atoms with Crippen LogP contribution in [0.5, 0.6) is 0 Å². The number of carbonyl (C=O) groups is 3. The summed E-state index contributed by atoms with van der Waals surface area (Å²) in [7, 11) is 0. The summed E-state index contributed by atoms with van der Waals surface area (Å²) in [6.45, 7) is 2.49. The van der Waals surface area contributed by atoms with Crippen molar-refractivity contribution in [1.29, 1.82) is 0 Å². The number of nitrogens with one attached hydrogen (secondary N) is 1. The highest BCUT2D eigenvalue weighted by atomic mass is 32.1. The number of hydrogen-bond acceptors (Lipinski definition) is 4. The fourth-order valence-corrected chi connectivity index (χ4v) is 2.89. The highest BCUT2D eigenvalue weighted by molar-refractivity contribution is 7.15. The maximum atomic E-state index is 12.1. The lowest BCUT2D eigenvalue weighted by atomic mass is 10.2. The van der Waals surface area contributed by atoms with Gasteiger partial charge in [-0.25, -0.2) is 4.79 Å². The number of aromatic carboxylic acids is 1. The summed E-state index contributed by atoms with van der Waals surface area (Å²) < 4.78 is 0. The first kappa shape index (κ1) is 13.5. The minimum atomic E-state index is -1.03. The van der Waals surface area contributed by atoms with Crippen LogP contribution in [0.15, 0.2) is 12.1 Å². The molecule has 0 aromatic carbocycles. The van der Waals surface area contributed by atoms with E-state index in [-0.39, 0.29) is 22.7 Å². The number of amides is 2. The molecule has 0 unspecified atom stereocenters. The van der Waals surface area contributed by atoms with Crippen molar-refractivity contribution in [2.24, 2.45) is 0 Å². The number of carbonyl (C=O) groups excluding carboxylic acids is 2. The molecule has 0 saturated carbocycles. The zero-order chi connectivity index (χ0) is 14.0. The van der Waals surface area contributed by atoms with Gasteiger partial charge in [0.25, 0.3) is 5.91 Å². The fraction of sp³-hybridized carbons (Fsp3) is 0.417. The molecule has 1 aromatic rings. The van der Waals surface area contributed by atoms with Gasteiger partial charge in [-0.2, -0.15) is 0 Å². The molecule has 0 spiro atoms. The first-order chi connectivity index (χ1) is 8.97. The normalized spacial score (nSPS) is 18.4. The first-order valence-electron chi connectivity index (χ1n) is 5.87. The van der Waals surface area contributed by atoms with Gasteiger partial charge in [0.15, 0.2) is 0 Å². The molecule has 1 saturated heterocycles. The lowest BCUT2D eigenvalue weighted by Gasteiger charge is -2.15. The predicted octanol–water partition coefficient (Wildman–Crippen LogP) is 0.797. The number of carboxylic acids is 1. The Labute approximate surface area is 114 Å². The molecule has 0 aliphatic carbocycles. The van der Waals surface area contributed by atoms with E-state index >= 15 is 0 Å². The summed E-state index contributed by atoms with van der Waals surface area (Å²) in [5, 5.41) is 11.6. The van der Waals surface area contributed by atoms with Crippen molar-refractivity contribution >= 4 is 29.1 Å². The molecule has 2 rings (SSSR count). The van der Waals surface area contributed by atoms with E-state index in [1.165, 1.54) is 19.1 Å². The quantitative estimate of drug-likeness (QED) is 0.858. The molecule has 1 aliphatic heterocycles. The van der Waals surface area contributed by atoms with Crippen LogP contribution in [0.4, 0.5) is 0 Å². The summed E-state index contributed by atoms with van der Waals surface area (Å²) in [5.41, 5.74) is 0. The first-order valence-corrected chi connectivity index (χ1v) is 6.68. The van der Waals surface area contributed by atoms with Crippen LogP contribution >= 0.6 is 11.3 Å². The number of nitrogens with zero attached hydrogens (tertiary/aromatic N) is 1. The zero-order valence-corrected chi connectivity index (χ0v) is 11.2. The molecule has 0 bridgehead atoms. The van der Waals surface area contributed by atoms with Crippen molar-refractivity contribution in [1.82, 2.24) is 10.2 Å². The van der Waals surface area contributed by atoms with Crippen molar-refractivity contribution in [3.63, 3.8) is 0 Å². The van der Waals surface area contributed by atoms with Gasteiger partial charge < -0.3 is 15.3 Å². The van der Waals surface area contributed by atoms with Gasteiger partial charge in [-0.15, -0.1) is 11.3 Å². The minimum Gasteiger partial charge on any atom is -0.477 e. The van der Waals surface area contributed by atoms with Crippen LogP contribution in [-0.2, 0) is 4.79 Å². The van der Waals surface area contributed by atoms with Crippen LogP contribution < -0.4 is 5.32 Å². The average molecular weight is 282 g/mol. The number of thiophene rings is 1. The Bertz CT molecular complexity index is 526. The molecular formula is C12H14N2O4S. The largest absolute Gasteiger partial charge is 0.477 e. The van der Waals surface area contributed by atoms with Crippen LogP contribution in [0.2, 0.25) is 0 Å². The monoisotopic (exact) mass is 282 g/mol. The summed E-state index contributed by atoms with van der Waals surface area (Å²) in [4.78, 5) is 36.1. The molecule has 7 heteroatoms. The van der Waals surface area contributed by atoms with Crippen LogP contribution in [-0.4, -0.2) is 46.9 Å². The van der Waals surface area contributed by atoms with Crippen LogP contribution in [0.3, 0.4) is 0 Å². The molecule has 1 aliphatic rings. The number of hydrogen-bond donors (Lipinski definition) is 2. The van der Waals surface area contributed by atoms with Crippen molar-refractivity contribution in [2.45, 2.75) is 19.4 Å². The lowest BCUT2D eigenvalue weighted by Crippen LogP contribution is -2.37. The van der Waals surface area contributed by atoms with Crippen LogP contribution in [0.1, 0.15) is 32.7 Å². The molecule has 2 N–H and O–H groups in total. The van der Waals surface area contributed by atoms with E-state index in [1.807, 2.05) is 0 Å². The predicted molar refractivity (Wildman–Crippen MR) is 69.4 cm³/mol. The molecule has 2 amide bonds. The van der Waals surface area contributed by atoms with Crippen LogP contribution in [0.25, 0.3) is 0 Å². The Morgan fingerprint density at radius 1 is 1.37 bits per heavy atom. The average Bonchev–Trinajstić information content (AvgIpc) is 2.95. The van der Waals surface area contributed by atoms with Crippen molar-refractivity contribution in [2.75, 3.05) is 13.1 Å². The van der Waals surface area contributed by atoms with E-state index in [0.717, 1.165) is 17.8 Å². The zero-order valence-electron chi connectivity index (χ0n) is 10.4. The van der Waals surface area contributed by atoms with E-state index in [0.29, 0.717) is 18.0 Å². The van der Waals surface area contributed by atoms with E-state index < -0.39 is 5.97 Å². The van der Waals surface area contributed by atoms with E-state index in [2.05, 4.69) is 5.32 Å². The Morgan fingerprint density at radius 3 is 2.63 bits per heavy atom. The summed E-state index contributed by atoms with van der Waals surface area (Å²) in [6.07, 6.45) is 0.725. The van der Waals surface area contributed by atoms with Gasteiger partial charge in [-0.1, -0.05) is 0 Å². The smallest absolute Gasteiger partial charge is 0.345 e. The Balaban J connectivity index is 2.00. The van der Waals surface area contributed by atoms with Gasteiger partial charge in [0, 0.05) is 26.1 Å². The van der Waals surface area contributed by atoms with Gasteiger partial charge in [-0.05, 0) is 18.6 Å². The molecule has 2 heterocycles. The highest BCUT2D eigenvalue weighted by Gasteiger charge is 2.28. The number of carboxylic acid groups (broad SMARTS) is 1. The Morgan fingerprint density at radius 2 is 2.05 bits per heavy atom. The third-order valence-electron chi connectivity index (χ3n) is 2.91. The van der Waals surface area contributed by atoms with E-state index in [4.69, 9.17) is 5.11 Å². The van der Waals surface area contributed by atoms with Gasteiger partial charge in [-0.3, -0.25) is 9.59 Å². The number of likely N-dealkylation sites (tertiary alicyclic amines) is 1. The molecule has 6 nitrogen and oxygen atoms in total. The SMILES string of the molecule is CC(=O)N[C@H]1CCN(C(=O)c2ccc(C(=O)O)s2)C1. The third kappa shape index (κ3) is 3.11. The van der Waals surface area contributed by atoms with E-state index in [1.54, 1.807) is 4.90 Å². The van der Waals surface area contributed by atoms with Crippen molar-refractivity contribution in [3.05, 3.63) is 21.9 Å². The molecule has 19 heavy (non-hydrogen) atoms. The number of rotatable bonds is 3. The van der Waals surface area contributed by atoms with Gasteiger partial charge >= 0.3 is 5.97 Å². The minimum absolute atomic E-state index is 0.0136.